The Kier molecular flexibility index (Phi) is 4.18. The summed E-state index contributed by atoms with van der Waals surface area (Å²) in [4.78, 5) is 0. The van der Waals surface area contributed by atoms with Crippen molar-refractivity contribution in [3.63, 3.8) is 0 Å². The van der Waals surface area contributed by atoms with Crippen LogP contribution in [0.4, 0.5) is 0 Å². The van der Waals surface area contributed by atoms with Crippen LogP contribution in [0, 0.1) is 10.8 Å². The molecule has 0 amide bonds. The molecule has 1 saturated carbocycles. The lowest BCUT2D eigenvalue weighted by Gasteiger charge is -2.43. The zero-order valence-corrected chi connectivity index (χ0v) is 13.1. The molecule has 0 atom stereocenters. The van der Waals surface area contributed by atoms with Gasteiger partial charge < -0.3 is 5.73 Å². The van der Waals surface area contributed by atoms with E-state index in [1.54, 1.807) is 0 Å². The molecule has 1 aromatic rings. The van der Waals surface area contributed by atoms with Crippen LogP contribution in [-0.2, 0) is 6.42 Å². The topological polar surface area (TPSA) is 26.0 Å². The fourth-order valence-corrected chi connectivity index (χ4v) is 3.44. The van der Waals surface area contributed by atoms with Crippen molar-refractivity contribution in [1.82, 2.24) is 0 Å². The molecule has 1 nitrogen and oxygen atoms in total. The van der Waals surface area contributed by atoms with E-state index in [9.17, 15) is 0 Å². The largest absolute Gasteiger partial charge is 0.330 e. The monoisotopic (exact) mass is 309 g/mol. The third kappa shape index (κ3) is 3.36. The normalized spacial score (nSPS) is 21.8. The molecule has 100 valence electrons. The number of rotatable bonds is 3. The molecule has 2 heteroatoms. The number of benzene rings is 1. The molecule has 2 N–H and O–H groups in total. The van der Waals surface area contributed by atoms with Gasteiger partial charge in [0.15, 0.2) is 0 Å². The molecule has 0 unspecified atom stereocenters. The summed E-state index contributed by atoms with van der Waals surface area (Å²) in [5.74, 6) is 0. The Morgan fingerprint density at radius 2 is 1.83 bits per heavy atom. The highest BCUT2D eigenvalue weighted by Crippen LogP contribution is 2.46. The standard InChI is InChI=1S/C16H24BrN/c1-15(2)6-8-16(12-18,9-7-15)11-13-4-3-5-14(17)10-13/h3-5,10H,6-9,11-12,18H2,1-2H3. The summed E-state index contributed by atoms with van der Waals surface area (Å²) >= 11 is 3.55. The van der Waals surface area contributed by atoms with Crippen LogP contribution in [0.15, 0.2) is 28.7 Å². The first-order chi connectivity index (χ1) is 8.45. The molecule has 1 fully saturated rings. The number of hydrogen-bond acceptors (Lipinski definition) is 1. The highest BCUT2D eigenvalue weighted by Gasteiger charge is 2.37. The Bertz CT molecular complexity index is 401. The lowest BCUT2D eigenvalue weighted by Crippen LogP contribution is -2.38. The molecular weight excluding hydrogens is 286 g/mol. The van der Waals surface area contributed by atoms with Crippen molar-refractivity contribution in [3.8, 4) is 0 Å². The first-order valence-corrected chi connectivity index (χ1v) is 7.69. The molecule has 0 spiro atoms. The van der Waals surface area contributed by atoms with Gasteiger partial charge in [-0.05, 0) is 67.2 Å². The van der Waals surface area contributed by atoms with Gasteiger partial charge in [0, 0.05) is 4.47 Å². The van der Waals surface area contributed by atoms with E-state index in [-0.39, 0.29) is 0 Å². The van der Waals surface area contributed by atoms with Crippen LogP contribution in [0.1, 0.15) is 45.1 Å². The third-order valence-electron chi connectivity index (χ3n) is 4.57. The van der Waals surface area contributed by atoms with Crippen LogP contribution < -0.4 is 5.73 Å². The lowest BCUT2D eigenvalue weighted by atomic mass is 9.63. The van der Waals surface area contributed by atoms with E-state index in [1.807, 2.05) is 0 Å². The summed E-state index contributed by atoms with van der Waals surface area (Å²) in [5.41, 5.74) is 8.35. The first kappa shape index (κ1) is 14.1. The van der Waals surface area contributed by atoms with Crippen molar-refractivity contribution >= 4 is 15.9 Å². The average molecular weight is 310 g/mol. The van der Waals surface area contributed by atoms with Gasteiger partial charge in [-0.15, -0.1) is 0 Å². The smallest absolute Gasteiger partial charge is 0.0177 e. The molecule has 0 aliphatic heterocycles. The Morgan fingerprint density at radius 3 is 2.39 bits per heavy atom. The minimum atomic E-state index is 0.330. The summed E-state index contributed by atoms with van der Waals surface area (Å²) in [6, 6.07) is 8.66. The number of halogens is 1. The second-order valence-corrected chi connectivity index (χ2v) is 7.59. The fourth-order valence-electron chi connectivity index (χ4n) is 2.99. The summed E-state index contributed by atoms with van der Waals surface area (Å²) in [6.07, 6.45) is 6.27. The van der Waals surface area contributed by atoms with Gasteiger partial charge in [-0.3, -0.25) is 0 Å². The zero-order valence-electron chi connectivity index (χ0n) is 11.5. The highest BCUT2D eigenvalue weighted by molar-refractivity contribution is 9.10. The van der Waals surface area contributed by atoms with Gasteiger partial charge in [0.1, 0.15) is 0 Å². The van der Waals surface area contributed by atoms with E-state index in [1.165, 1.54) is 35.7 Å². The predicted octanol–water partition coefficient (Wildman–Crippen LogP) is 4.54. The molecule has 18 heavy (non-hydrogen) atoms. The highest BCUT2D eigenvalue weighted by atomic mass is 79.9. The Labute approximate surface area is 119 Å². The van der Waals surface area contributed by atoms with Crippen LogP contribution in [0.2, 0.25) is 0 Å². The zero-order chi connectivity index (χ0) is 13.2. The van der Waals surface area contributed by atoms with Gasteiger partial charge in [-0.1, -0.05) is 41.9 Å². The summed E-state index contributed by atoms with van der Waals surface area (Å²) < 4.78 is 1.17. The van der Waals surface area contributed by atoms with Crippen molar-refractivity contribution in [1.29, 1.82) is 0 Å². The maximum Gasteiger partial charge on any atom is 0.0177 e. The van der Waals surface area contributed by atoms with E-state index in [0.717, 1.165) is 13.0 Å². The summed E-state index contributed by atoms with van der Waals surface area (Å²) in [6.45, 7) is 5.58. The van der Waals surface area contributed by atoms with Gasteiger partial charge in [-0.2, -0.15) is 0 Å². The Hall–Kier alpha value is -0.340. The van der Waals surface area contributed by atoms with Crippen LogP contribution in [0.3, 0.4) is 0 Å². The van der Waals surface area contributed by atoms with Gasteiger partial charge >= 0.3 is 0 Å². The summed E-state index contributed by atoms with van der Waals surface area (Å²) in [7, 11) is 0. The Balaban J connectivity index is 2.10. The molecule has 0 saturated heterocycles. The molecule has 1 aliphatic rings. The van der Waals surface area contributed by atoms with Gasteiger partial charge in [0.25, 0.3) is 0 Å². The molecule has 0 bridgehead atoms. The Morgan fingerprint density at radius 1 is 1.17 bits per heavy atom. The van der Waals surface area contributed by atoms with E-state index < -0.39 is 0 Å². The van der Waals surface area contributed by atoms with E-state index in [4.69, 9.17) is 5.73 Å². The van der Waals surface area contributed by atoms with Crippen LogP contribution in [0.5, 0.6) is 0 Å². The molecule has 0 aromatic heterocycles. The molecular formula is C16H24BrN. The van der Waals surface area contributed by atoms with Crippen LogP contribution >= 0.6 is 15.9 Å². The fraction of sp³-hybridized carbons (Fsp3) is 0.625. The van der Waals surface area contributed by atoms with Crippen molar-refractivity contribution < 1.29 is 0 Å². The van der Waals surface area contributed by atoms with Crippen molar-refractivity contribution in [2.45, 2.75) is 46.0 Å². The molecule has 0 radical (unpaired) electrons. The van der Waals surface area contributed by atoms with Crippen LogP contribution in [-0.4, -0.2) is 6.54 Å². The van der Waals surface area contributed by atoms with E-state index in [2.05, 4.69) is 54.0 Å². The summed E-state index contributed by atoms with van der Waals surface area (Å²) in [5, 5.41) is 0. The maximum absolute atomic E-state index is 6.10. The van der Waals surface area contributed by atoms with Gasteiger partial charge in [0.2, 0.25) is 0 Å². The molecule has 1 aromatic carbocycles. The third-order valence-corrected chi connectivity index (χ3v) is 5.06. The maximum atomic E-state index is 6.10. The first-order valence-electron chi connectivity index (χ1n) is 6.89. The van der Waals surface area contributed by atoms with Crippen molar-refractivity contribution in [2.75, 3.05) is 6.54 Å². The minimum Gasteiger partial charge on any atom is -0.330 e. The second kappa shape index (κ2) is 5.34. The molecule has 2 rings (SSSR count). The lowest BCUT2D eigenvalue weighted by molar-refractivity contribution is 0.108. The quantitative estimate of drug-likeness (QED) is 0.871. The molecule has 0 heterocycles. The van der Waals surface area contributed by atoms with Crippen molar-refractivity contribution in [2.24, 2.45) is 16.6 Å². The molecule has 1 aliphatic carbocycles. The predicted molar refractivity (Wildman–Crippen MR) is 81.6 cm³/mol. The average Bonchev–Trinajstić information content (AvgIpc) is 2.33. The van der Waals surface area contributed by atoms with E-state index >= 15 is 0 Å². The van der Waals surface area contributed by atoms with E-state index in [0.29, 0.717) is 10.8 Å². The minimum absolute atomic E-state index is 0.330. The number of nitrogens with two attached hydrogens (primary N) is 1. The van der Waals surface area contributed by atoms with Gasteiger partial charge in [-0.25, -0.2) is 0 Å². The SMILES string of the molecule is CC1(C)CCC(CN)(Cc2cccc(Br)c2)CC1. The van der Waals surface area contributed by atoms with Crippen molar-refractivity contribution in [3.05, 3.63) is 34.3 Å². The second-order valence-electron chi connectivity index (χ2n) is 6.68. The number of hydrogen-bond donors (Lipinski definition) is 1. The van der Waals surface area contributed by atoms with Gasteiger partial charge in [0.05, 0.1) is 0 Å². The van der Waals surface area contributed by atoms with Crippen LogP contribution in [0.25, 0.3) is 0 Å².